The van der Waals surface area contributed by atoms with Crippen LogP contribution in [0.5, 0.6) is 0 Å². The molecule has 19 heteroatoms. The Morgan fingerprint density at radius 2 is 0.477 bits per heavy atom. The highest BCUT2D eigenvalue weighted by molar-refractivity contribution is 7.47. The number of aliphatic hydroxyl groups excluding tert-OH is 1. The second-order valence-corrected chi connectivity index (χ2v) is 29.7. The van der Waals surface area contributed by atoms with E-state index in [1.54, 1.807) is 0 Å². The molecular weight excluding hydrogens is 1160 g/mol. The predicted octanol–water partition coefficient (Wildman–Crippen LogP) is 19.3. The largest absolute Gasteiger partial charge is 0.472 e. The molecule has 0 aromatic carbocycles. The molecule has 3 N–H and O–H groups in total. The number of aliphatic hydroxyl groups is 1. The number of hydrogen-bond acceptors (Lipinski definition) is 15. The van der Waals surface area contributed by atoms with E-state index in [9.17, 15) is 43.2 Å². The van der Waals surface area contributed by atoms with E-state index in [0.29, 0.717) is 37.5 Å². The molecule has 0 spiro atoms. The van der Waals surface area contributed by atoms with Crippen LogP contribution in [0.2, 0.25) is 0 Å². The van der Waals surface area contributed by atoms with Gasteiger partial charge in [0.1, 0.15) is 19.3 Å². The Labute approximate surface area is 537 Å². The number of phosphoric ester groups is 2. The van der Waals surface area contributed by atoms with Crippen molar-refractivity contribution in [3.8, 4) is 0 Å². The lowest BCUT2D eigenvalue weighted by molar-refractivity contribution is -0.161. The molecule has 88 heavy (non-hydrogen) atoms. The van der Waals surface area contributed by atoms with Gasteiger partial charge < -0.3 is 33.8 Å². The normalized spacial score (nSPS) is 14.3. The van der Waals surface area contributed by atoms with Gasteiger partial charge in [-0.05, 0) is 49.4 Å². The molecular formula is C69H134O17P2. The maximum Gasteiger partial charge on any atom is 0.472 e. The SMILES string of the molecule is CC(C)CCCCCCCCCCCCCCCCCC(=O)O[C@H](COC(=O)CCCCCCCCC(C)C)COP(=O)(O)OC[C@@H](O)COP(=O)(O)OC[C@@H](COC(=O)CCCCCCCCC(C)C)OC(=O)CCCCCCCCCCCC(C)C. The van der Waals surface area contributed by atoms with Crippen LogP contribution in [0, 0.1) is 23.7 Å². The first-order valence-electron chi connectivity index (χ1n) is 35.7. The van der Waals surface area contributed by atoms with Crippen LogP contribution >= 0.6 is 15.6 Å². The van der Waals surface area contributed by atoms with Crippen LogP contribution in [0.3, 0.4) is 0 Å². The minimum atomic E-state index is -4.95. The average molecular weight is 1300 g/mol. The van der Waals surface area contributed by atoms with E-state index in [1.165, 1.54) is 128 Å². The van der Waals surface area contributed by atoms with E-state index >= 15 is 0 Å². The molecule has 0 aliphatic carbocycles. The lowest BCUT2D eigenvalue weighted by Crippen LogP contribution is -2.30. The molecule has 0 aliphatic heterocycles. The van der Waals surface area contributed by atoms with Gasteiger partial charge in [-0.3, -0.25) is 37.3 Å². The summed E-state index contributed by atoms with van der Waals surface area (Å²) in [7, 11) is -9.90. The Morgan fingerprint density at radius 3 is 0.705 bits per heavy atom. The van der Waals surface area contributed by atoms with Gasteiger partial charge in [0.25, 0.3) is 0 Å². The number of ether oxygens (including phenoxy) is 4. The van der Waals surface area contributed by atoms with Crippen LogP contribution < -0.4 is 0 Å². The summed E-state index contributed by atoms with van der Waals surface area (Å²) in [6.45, 7) is 14.0. The van der Waals surface area contributed by atoms with Crippen LogP contribution in [0.1, 0.15) is 338 Å². The quantitative estimate of drug-likeness (QED) is 0.0222. The number of carbonyl (C=O) groups is 4. The zero-order chi connectivity index (χ0) is 65.4. The number of rotatable bonds is 66. The van der Waals surface area contributed by atoms with E-state index in [1.807, 2.05) is 0 Å². The molecule has 2 unspecified atom stereocenters. The summed E-state index contributed by atoms with van der Waals surface area (Å²) in [5, 5.41) is 10.6. The first-order valence-corrected chi connectivity index (χ1v) is 38.7. The molecule has 17 nitrogen and oxygen atoms in total. The van der Waals surface area contributed by atoms with Gasteiger partial charge in [0.2, 0.25) is 0 Å². The Bertz CT molecular complexity index is 1750. The number of carbonyl (C=O) groups excluding carboxylic acids is 4. The van der Waals surface area contributed by atoms with Crippen molar-refractivity contribution in [2.24, 2.45) is 23.7 Å². The molecule has 0 bridgehead atoms. The van der Waals surface area contributed by atoms with Gasteiger partial charge in [0, 0.05) is 25.7 Å². The monoisotopic (exact) mass is 1300 g/mol. The average Bonchev–Trinajstić information content (AvgIpc) is 3.33. The van der Waals surface area contributed by atoms with Crippen molar-refractivity contribution < 1.29 is 80.2 Å². The molecule has 0 aromatic rings. The Kier molecular flexibility index (Phi) is 57.6. The summed E-state index contributed by atoms with van der Waals surface area (Å²) >= 11 is 0. The van der Waals surface area contributed by atoms with Crippen molar-refractivity contribution in [3.63, 3.8) is 0 Å². The Hall–Kier alpha value is -1.94. The van der Waals surface area contributed by atoms with Crippen LogP contribution in [0.15, 0.2) is 0 Å². The van der Waals surface area contributed by atoms with Gasteiger partial charge in [-0.25, -0.2) is 9.13 Å². The first kappa shape index (κ1) is 86.1. The minimum Gasteiger partial charge on any atom is -0.462 e. The summed E-state index contributed by atoms with van der Waals surface area (Å²) in [4.78, 5) is 72.4. The summed E-state index contributed by atoms with van der Waals surface area (Å²) in [5.74, 6) is 0.763. The number of unbranched alkanes of at least 4 members (excludes halogenated alkanes) is 32. The lowest BCUT2D eigenvalue weighted by Gasteiger charge is -2.21. The fourth-order valence-corrected chi connectivity index (χ4v) is 11.9. The highest BCUT2D eigenvalue weighted by Crippen LogP contribution is 2.45. The van der Waals surface area contributed by atoms with Crippen molar-refractivity contribution >= 4 is 39.5 Å². The lowest BCUT2D eigenvalue weighted by atomic mass is 10.0. The van der Waals surface area contributed by atoms with E-state index in [4.69, 9.17) is 37.0 Å². The predicted molar refractivity (Wildman–Crippen MR) is 354 cm³/mol. The van der Waals surface area contributed by atoms with Gasteiger partial charge in [-0.15, -0.1) is 0 Å². The van der Waals surface area contributed by atoms with Crippen LogP contribution in [0.4, 0.5) is 0 Å². The third-order valence-corrected chi connectivity index (χ3v) is 17.7. The smallest absolute Gasteiger partial charge is 0.462 e. The summed E-state index contributed by atoms with van der Waals surface area (Å²) in [5.41, 5.74) is 0. The summed E-state index contributed by atoms with van der Waals surface area (Å²) < 4.78 is 68.1. The Balaban J connectivity index is 5.19. The molecule has 0 radical (unpaired) electrons. The van der Waals surface area contributed by atoms with Crippen molar-refractivity contribution in [2.45, 2.75) is 356 Å². The highest BCUT2D eigenvalue weighted by atomic mass is 31.2. The van der Waals surface area contributed by atoms with Crippen molar-refractivity contribution in [3.05, 3.63) is 0 Å². The van der Waals surface area contributed by atoms with E-state index in [-0.39, 0.29) is 25.7 Å². The second kappa shape index (κ2) is 58.8. The topological polar surface area (TPSA) is 237 Å². The number of hydrogen-bond donors (Lipinski definition) is 3. The van der Waals surface area contributed by atoms with Gasteiger partial charge >= 0.3 is 39.5 Å². The first-order chi connectivity index (χ1) is 42.1. The van der Waals surface area contributed by atoms with Gasteiger partial charge in [-0.1, -0.05) is 287 Å². The molecule has 5 atom stereocenters. The summed E-state index contributed by atoms with van der Waals surface area (Å²) in [6.07, 6.45) is 40.7. The van der Waals surface area contributed by atoms with Crippen molar-refractivity contribution in [2.75, 3.05) is 39.6 Å². The van der Waals surface area contributed by atoms with E-state index in [0.717, 1.165) is 115 Å². The molecule has 0 saturated heterocycles. The van der Waals surface area contributed by atoms with Gasteiger partial charge in [0.05, 0.1) is 26.4 Å². The fourth-order valence-electron chi connectivity index (χ4n) is 10.3. The van der Waals surface area contributed by atoms with E-state index < -0.39 is 97.5 Å². The molecule has 0 aliphatic rings. The van der Waals surface area contributed by atoms with Crippen molar-refractivity contribution in [1.29, 1.82) is 0 Å². The third kappa shape index (κ3) is 62.8. The van der Waals surface area contributed by atoms with Crippen molar-refractivity contribution in [1.82, 2.24) is 0 Å². The molecule has 0 amide bonds. The van der Waals surface area contributed by atoms with E-state index in [2.05, 4.69) is 55.4 Å². The third-order valence-electron chi connectivity index (χ3n) is 15.8. The number of esters is 4. The van der Waals surface area contributed by atoms with Crippen LogP contribution in [-0.4, -0.2) is 96.7 Å². The highest BCUT2D eigenvalue weighted by Gasteiger charge is 2.30. The standard InChI is InChI=1S/C69H134O17P2/c1-59(2)45-37-29-21-17-14-12-10-9-11-13-15-19-23-35-43-51-68(73)85-64(55-79-66(71)49-41-33-27-25-31-39-47-61(5)6)57-83-87(75,76)81-53-63(70)54-82-88(77,78)84-58-65(56-80-67(72)50-42-34-28-26-32-40-48-62(7)8)86-69(74)52-44-36-24-20-16-18-22-30-38-46-60(3)4/h59-65,70H,9-58H2,1-8H3,(H,75,76)(H,77,78)/t63-,64-,65-/m1/s1. The van der Waals surface area contributed by atoms with Gasteiger partial charge in [0.15, 0.2) is 12.2 Å². The number of phosphoric acid groups is 2. The second-order valence-electron chi connectivity index (χ2n) is 26.8. The molecule has 0 saturated carbocycles. The summed E-state index contributed by atoms with van der Waals surface area (Å²) in [6, 6.07) is 0. The molecule has 0 rings (SSSR count). The molecule has 522 valence electrons. The van der Waals surface area contributed by atoms with Crippen LogP contribution in [-0.2, 0) is 65.4 Å². The zero-order valence-corrected chi connectivity index (χ0v) is 59.1. The minimum absolute atomic E-state index is 0.104. The van der Waals surface area contributed by atoms with Crippen LogP contribution in [0.25, 0.3) is 0 Å². The molecule has 0 heterocycles. The maximum absolute atomic E-state index is 13.0. The molecule has 0 fully saturated rings. The Morgan fingerprint density at radius 1 is 0.284 bits per heavy atom. The molecule has 0 aromatic heterocycles. The fraction of sp³-hybridized carbons (Fsp3) is 0.942. The zero-order valence-electron chi connectivity index (χ0n) is 57.3. The van der Waals surface area contributed by atoms with Gasteiger partial charge in [-0.2, -0.15) is 0 Å². The maximum atomic E-state index is 13.0.